The summed E-state index contributed by atoms with van der Waals surface area (Å²) < 4.78 is 31.2. The lowest BCUT2D eigenvalue weighted by Crippen LogP contribution is -2.30. The first-order valence-corrected chi connectivity index (χ1v) is 8.11. The van der Waals surface area contributed by atoms with Crippen molar-refractivity contribution >= 4 is 31.9 Å². The number of aromatic carboxylic acids is 1. The van der Waals surface area contributed by atoms with Crippen LogP contribution in [0.2, 0.25) is 0 Å². The second-order valence-corrected chi connectivity index (χ2v) is 6.84. The van der Waals surface area contributed by atoms with Gasteiger partial charge in [0.05, 0.1) is 17.1 Å². The van der Waals surface area contributed by atoms with Gasteiger partial charge in [0, 0.05) is 24.7 Å². The van der Waals surface area contributed by atoms with Gasteiger partial charge in [-0.1, -0.05) is 0 Å². The van der Waals surface area contributed by atoms with E-state index >= 15 is 0 Å². The molecule has 1 aromatic rings. The Balaban J connectivity index is 3.00. The largest absolute Gasteiger partial charge is 0.478 e. The third-order valence-electron chi connectivity index (χ3n) is 2.62. The lowest BCUT2D eigenvalue weighted by Gasteiger charge is -2.18. The molecule has 0 atom stereocenters. The third kappa shape index (κ3) is 4.02. The molecule has 0 unspecified atom stereocenters. The molecule has 0 aliphatic carbocycles. The van der Waals surface area contributed by atoms with Crippen molar-refractivity contribution in [2.24, 2.45) is 0 Å². The quantitative estimate of drug-likeness (QED) is 0.744. The second-order valence-electron chi connectivity index (χ2n) is 3.97. The summed E-state index contributed by atoms with van der Waals surface area (Å²) in [5, 5.41) is 8.86. The average molecular weight is 366 g/mol. The number of hydrogen-bond donors (Lipinski definition) is 1. The number of benzene rings is 1. The number of hydrogen-bond acceptors (Lipinski definition) is 4. The normalized spacial score (nSPS) is 11.8. The molecule has 0 saturated carbocycles. The maximum atomic E-state index is 12.3. The Morgan fingerprint density at radius 1 is 1.45 bits per heavy atom. The number of carbonyl (C=O) groups is 1. The fraction of sp³-hybridized carbons (Fsp3) is 0.417. The van der Waals surface area contributed by atoms with E-state index in [1.165, 1.54) is 29.6 Å². The van der Waals surface area contributed by atoms with Crippen LogP contribution < -0.4 is 0 Å². The van der Waals surface area contributed by atoms with Gasteiger partial charge in [-0.25, -0.2) is 13.2 Å². The van der Waals surface area contributed by atoms with E-state index in [1.54, 1.807) is 0 Å². The Hall–Kier alpha value is -0.960. The molecule has 0 spiro atoms. The van der Waals surface area contributed by atoms with Crippen LogP contribution in [-0.4, -0.2) is 50.6 Å². The van der Waals surface area contributed by atoms with Gasteiger partial charge in [0.1, 0.15) is 0 Å². The maximum absolute atomic E-state index is 12.3. The molecule has 0 radical (unpaired) electrons. The monoisotopic (exact) mass is 365 g/mol. The standard InChI is InChI=1S/C12H16BrNO5S/c1-3-19-7-6-14(2)20(17,18)11-5-4-9(12(15)16)8-10(11)13/h4-5,8H,3,6-7H2,1-2H3,(H,15,16). The molecule has 1 N–H and O–H groups in total. The molecule has 1 aromatic carbocycles. The van der Waals surface area contributed by atoms with Crippen molar-refractivity contribution < 1.29 is 23.1 Å². The number of halogens is 1. The summed E-state index contributed by atoms with van der Waals surface area (Å²) >= 11 is 3.10. The second kappa shape index (κ2) is 7.16. The Morgan fingerprint density at radius 2 is 2.10 bits per heavy atom. The lowest BCUT2D eigenvalue weighted by molar-refractivity contribution is 0.0696. The summed E-state index contributed by atoms with van der Waals surface area (Å²) in [4.78, 5) is 10.9. The zero-order valence-corrected chi connectivity index (χ0v) is 13.6. The van der Waals surface area contributed by atoms with Crippen LogP contribution in [0.15, 0.2) is 27.6 Å². The molecule has 0 bridgehead atoms. The highest BCUT2D eigenvalue weighted by Gasteiger charge is 2.23. The SMILES string of the molecule is CCOCCN(C)S(=O)(=O)c1ccc(C(=O)O)cc1Br. The highest BCUT2D eigenvalue weighted by molar-refractivity contribution is 9.10. The van der Waals surface area contributed by atoms with Gasteiger partial charge in [-0.15, -0.1) is 0 Å². The Kier molecular flexibility index (Phi) is 6.12. The van der Waals surface area contributed by atoms with Crippen LogP contribution in [0.1, 0.15) is 17.3 Å². The van der Waals surface area contributed by atoms with E-state index in [1.807, 2.05) is 6.92 Å². The van der Waals surface area contributed by atoms with E-state index in [9.17, 15) is 13.2 Å². The van der Waals surface area contributed by atoms with Crippen molar-refractivity contribution in [3.05, 3.63) is 28.2 Å². The lowest BCUT2D eigenvalue weighted by atomic mass is 10.2. The zero-order chi connectivity index (χ0) is 15.3. The molecule has 0 saturated heterocycles. The van der Waals surface area contributed by atoms with Crippen molar-refractivity contribution in [2.45, 2.75) is 11.8 Å². The van der Waals surface area contributed by atoms with Gasteiger partial charge in [-0.3, -0.25) is 0 Å². The molecule has 112 valence electrons. The average Bonchev–Trinajstić information content (AvgIpc) is 2.38. The van der Waals surface area contributed by atoms with Gasteiger partial charge in [0.25, 0.3) is 0 Å². The fourth-order valence-electron chi connectivity index (χ4n) is 1.47. The number of nitrogens with zero attached hydrogens (tertiary/aromatic N) is 1. The highest BCUT2D eigenvalue weighted by atomic mass is 79.9. The van der Waals surface area contributed by atoms with Gasteiger partial charge >= 0.3 is 5.97 Å². The summed E-state index contributed by atoms with van der Waals surface area (Å²) in [6.45, 7) is 2.88. The molecule has 0 aromatic heterocycles. The van der Waals surface area contributed by atoms with Crippen molar-refractivity contribution in [2.75, 3.05) is 26.8 Å². The van der Waals surface area contributed by atoms with Crippen LogP contribution in [0.5, 0.6) is 0 Å². The molecule has 0 aliphatic heterocycles. The van der Waals surface area contributed by atoms with Gasteiger partial charge in [-0.05, 0) is 41.1 Å². The molecule has 0 amide bonds. The number of likely N-dealkylation sites (N-methyl/N-ethyl adjacent to an activating group) is 1. The third-order valence-corrected chi connectivity index (χ3v) is 5.46. The van der Waals surface area contributed by atoms with E-state index in [2.05, 4.69) is 15.9 Å². The van der Waals surface area contributed by atoms with Crippen LogP contribution in [0, 0.1) is 0 Å². The molecule has 6 nitrogen and oxygen atoms in total. The summed E-state index contributed by atoms with van der Waals surface area (Å²) in [5.41, 5.74) is 0.0211. The van der Waals surface area contributed by atoms with Gasteiger partial charge in [0.2, 0.25) is 10.0 Å². The number of carboxylic acids is 1. The minimum atomic E-state index is -3.68. The first kappa shape index (κ1) is 17.1. The maximum Gasteiger partial charge on any atom is 0.335 e. The van der Waals surface area contributed by atoms with Gasteiger partial charge < -0.3 is 9.84 Å². The minimum Gasteiger partial charge on any atom is -0.478 e. The van der Waals surface area contributed by atoms with Crippen molar-refractivity contribution in [3.8, 4) is 0 Å². The summed E-state index contributed by atoms with van der Waals surface area (Å²) in [6, 6.07) is 3.81. The fourth-order valence-corrected chi connectivity index (χ4v) is 3.66. The van der Waals surface area contributed by atoms with Crippen LogP contribution in [0.25, 0.3) is 0 Å². The molecule has 0 heterocycles. The zero-order valence-electron chi connectivity index (χ0n) is 11.2. The van der Waals surface area contributed by atoms with Crippen molar-refractivity contribution in [1.29, 1.82) is 0 Å². The molecular weight excluding hydrogens is 350 g/mol. The molecule has 20 heavy (non-hydrogen) atoms. The highest BCUT2D eigenvalue weighted by Crippen LogP contribution is 2.25. The van der Waals surface area contributed by atoms with Gasteiger partial charge in [0.15, 0.2) is 0 Å². The summed E-state index contributed by atoms with van der Waals surface area (Å²) in [5.74, 6) is -1.11. The molecular formula is C12H16BrNO5S. The number of rotatable bonds is 7. The van der Waals surface area contributed by atoms with Crippen LogP contribution in [0.3, 0.4) is 0 Å². The van der Waals surface area contributed by atoms with E-state index in [0.717, 1.165) is 0 Å². The molecule has 0 aliphatic rings. The number of carboxylic acid groups (broad SMARTS) is 1. The Bertz CT molecular complexity index is 588. The Morgan fingerprint density at radius 3 is 2.60 bits per heavy atom. The molecule has 1 rings (SSSR count). The van der Waals surface area contributed by atoms with E-state index in [0.29, 0.717) is 13.2 Å². The van der Waals surface area contributed by atoms with E-state index in [4.69, 9.17) is 9.84 Å². The predicted molar refractivity (Wildman–Crippen MR) is 77.4 cm³/mol. The minimum absolute atomic E-state index is 0.0211. The van der Waals surface area contributed by atoms with E-state index in [-0.39, 0.29) is 21.5 Å². The summed E-state index contributed by atoms with van der Waals surface area (Å²) in [7, 11) is -2.23. The molecule has 8 heteroatoms. The molecule has 0 fully saturated rings. The number of ether oxygens (including phenoxy) is 1. The topological polar surface area (TPSA) is 83.9 Å². The smallest absolute Gasteiger partial charge is 0.335 e. The predicted octanol–water partition coefficient (Wildman–Crippen LogP) is 1.80. The number of sulfonamides is 1. The Labute approximate surface area is 126 Å². The van der Waals surface area contributed by atoms with Crippen molar-refractivity contribution in [3.63, 3.8) is 0 Å². The van der Waals surface area contributed by atoms with Crippen LogP contribution >= 0.6 is 15.9 Å². The van der Waals surface area contributed by atoms with Crippen LogP contribution in [-0.2, 0) is 14.8 Å². The van der Waals surface area contributed by atoms with Crippen molar-refractivity contribution in [1.82, 2.24) is 4.31 Å². The summed E-state index contributed by atoms with van der Waals surface area (Å²) in [6.07, 6.45) is 0. The van der Waals surface area contributed by atoms with Gasteiger partial charge in [-0.2, -0.15) is 4.31 Å². The van der Waals surface area contributed by atoms with E-state index < -0.39 is 16.0 Å². The van der Waals surface area contributed by atoms with Crippen LogP contribution in [0.4, 0.5) is 0 Å². The first-order chi connectivity index (χ1) is 9.30. The first-order valence-electron chi connectivity index (χ1n) is 5.87.